The Bertz CT molecular complexity index is 785. The number of hydrogen-bond acceptors (Lipinski definition) is 5. The van der Waals surface area contributed by atoms with Gasteiger partial charge in [-0.3, -0.25) is 4.79 Å². The Morgan fingerprint density at radius 2 is 2.00 bits per heavy atom. The molecule has 1 amide bonds. The van der Waals surface area contributed by atoms with E-state index in [1.807, 2.05) is 13.8 Å². The zero-order valence-electron chi connectivity index (χ0n) is 14.9. The van der Waals surface area contributed by atoms with Crippen molar-refractivity contribution in [1.82, 2.24) is 29.4 Å². The average Bonchev–Trinajstić information content (AvgIpc) is 3.32. The highest BCUT2D eigenvalue weighted by molar-refractivity contribution is 5.98. The van der Waals surface area contributed by atoms with E-state index in [2.05, 4.69) is 19.9 Å². The molecule has 0 bridgehead atoms. The summed E-state index contributed by atoms with van der Waals surface area (Å²) in [5.41, 5.74) is 6.58. The van der Waals surface area contributed by atoms with Crippen LogP contribution < -0.4 is 5.73 Å². The largest absolute Gasteiger partial charge is 0.383 e. The molecule has 134 valence electrons. The summed E-state index contributed by atoms with van der Waals surface area (Å²) in [6.45, 7) is 5.86. The van der Waals surface area contributed by atoms with E-state index in [0.717, 1.165) is 18.2 Å². The van der Waals surface area contributed by atoms with Gasteiger partial charge in [0.05, 0.1) is 12.7 Å². The molecule has 0 unspecified atom stereocenters. The molecule has 4 rings (SSSR count). The van der Waals surface area contributed by atoms with Crippen LogP contribution in [0.25, 0.3) is 0 Å². The monoisotopic (exact) mass is 343 g/mol. The van der Waals surface area contributed by atoms with Crippen LogP contribution in [0.3, 0.4) is 0 Å². The number of carbonyl (C=O) groups is 1. The van der Waals surface area contributed by atoms with Crippen molar-refractivity contribution in [2.75, 3.05) is 12.3 Å². The number of hydrogen-bond donors (Lipinski definition) is 1. The minimum Gasteiger partial charge on any atom is -0.383 e. The second kappa shape index (κ2) is 6.16. The summed E-state index contributed by atoms with van der Waals surface area (Å²) in [6.07, 6.45) is 6.52. The Labute approximate surface area is 147 Å². The molecule has 2 aliphatic rings. The molecule has 0 saturated heterocycles. The van der Waals surface area contributed by atoms with Crippen molar-refractivity contribution in [2.45, 2.75) is 64.6 Å². The highest BCUT2D eigenvalue weighted by atomic mass is 16.2. The summed E-state index contributed by atoms with van der Waals surface area (Å²) in [5, 5.41) is 13.0. The van der Waals surface area contributed by atoms with Gasteiger partial charge in [-0.2, -0.15) is 5.10 Å². The van der Waals surface area contributed by atoms with Gasteiger partial charge in [-0.1, -0.05) is 12.8 Å². The fourth-order valence-electron chi connectivity index (χ4n) is 3.96. The molecule has 3 heterocycles. The Morgan fingerprint density at radius 1 is 1.24 bits per heavy atom. The molecule has 0 spiro atoms. The Morgan fingerprint density at radius 3 is 2.68 bits per heavy atom. The van der Waals surface area contributed by atoms with Crippen molar-refractivity contribution in [3.05, 3.63) is 23.4 Å². The van der Waals surface area contributed by atoms with Gasteiger partial charge < -0.3 is 15.2 Å². The lowest BCUT2D eigenvalue weighted by Crippen LogP contribution is -2.39. The maximum absolute atomic E-state index is 12.9. The number of nitrogen functional groups attached to an aromatic ring is 1. The average molecular weight is 343 g/mol. The van der Waals surface area contributed by atoms with E-state index in [9.17, 15) is 4.79 Å². The van der Waals surface area contributed by atoms with E-state index in [1.54, 1.807) is 15.8 Å². The third kappa shape index (κ3) is 2.69. The van der Waals surface area contributed by atoms with E-state index in [-0.39, 0.29) is 11.9 Å². The van der Waals surface area contributed by atoms with Crippen molar-refractivity contribution in [2.24, 2.45) is 0 Å². The van der Waals surface area contributed by atoms with Crippen LogP contribution in [0.1, 0.15) is 73.5 Å². The smallest absolute Gasteiger partial charge is 0.259 e. The van der Waals surface area contributed by atoms with E-state index < -0.39 is 0 Å². The predicted molar refractivity (Wildman–Crippen MR) is 93.0 cm³/mol. The van der Waals surface area contributed by atoms with E-state index >= 15 is 0 Å². The number of rotatable bonds is 3. The highest BCUT2D eigenvalue weighted by Gasteiger charge is 2.30. The minimum atomic E-state index is -0.0823. The minimum absolute atomic E-state index is 0.0823. The fraction of sp³-hybridized carbons (Fsp3) is 0.647. The second-order valence-corrected chi connectivity index (χ2v) is 7.32. The molecule has 8 nitrogen and oxygen atoms in total. The number of aromatic nitrogens is 5. The van der Waals surface area contributed by atoms with Gasteiger partial charge in [0.2, 0.25) is 0 Å². The first kappa shape index (κ1) is 16.1. The van der Waals surface area contributed by atoms with E-state index in [0.29, 0.717) is 30.4 Å². The van der Waals surface area contributed by atoms with Crippen LogP contribution >= 0.6 is 0 Å². The molecule has 2 aromatic heterocycles. The molecule has 0 radical (unpaired) electrons. The van der Waals surface area contributed by atoms with Crippen molar-refractivity contribution < 1.29 is 4.79 Å². The summed E-state index contributed by atoms with van der Waals surface area (Å²) in [5.74, 6) is 2.85. The predicted octanol–water partition coefficient (Wildman–Crippen LogP) is 1.95. The first-order valence-corrected chi connectivity index (χ1v) is 9.10. The molecular weight excluding hydrogens is 318 g/mol. The standard InChI is InChI=1S/C17H25N7O/c1-11(2)24-15(18)13(9-19-24)17(25)22-7-8-23-14(10-22)20-21-16(23)12-5-3-4-6-12/h9,11-12H,3-8,10,18H2,1-2H3. The molecule has 1 aliphatic heterocycles. The first-order chi connectivity index (χ1) is 12.1. The molecular formula is C17H25N7O. The van der Waals surface area contributed by atoms with Crippen LogP contribution in [0.2, 0.25) is 0 Å². The normalized spacial score (nSPS) is 18.1. The van der Waals surface area contributed by atoms with Crippen molar-refractivity contribution in [3.63, 3.8) is 0 Å². The zero-order chi connectivity index (χ0) is 17.6. The topological polar surface area (TPSA) is 94.9 Å². The number of nitrogens with zero attached hydrogens (tertiary/aromatic N) is 6. The Hall–Kier alpha value is -2.38. The van der Waals surface area contributed by atoms with Crippen LogP contribution in [0.15, 0.2) is 6.20 Å². The van der Waals surface area contributed by atoms with Gasteiger partial charge >= 0.3 is 0 Å². The second-order valence-electron chi connectivity index (χ2n) is 7.32. The van der Waals surface area contributed by atoms with E-state index in [1.165, 1.54) is 25.7 Å². The van der Waals surface area contributed by atoms with Crippen molar-refractivity contribution in [3.8, 4) is 0 Å². The summed E-state index contributed by atoms with van der Waals surface area (Å²) in [4.78, 5) is 14.7. The van der Waals surface area contributed by atoms with Gasteiger partial charge in [0.15, 0.2) is 5.82 Å². The molecule has 25 heavy (non-hydrogen) atoms. The summed E-state index contributed by atoms with van der Waals surface area (Å²) >= 11 is 0. The number of anilines is 1. The SMILES string of the molecule is CC(C)n1ncc(C(=O)N2CCn3c(nnc3C3CCCC3)C2)c1N. The highest BCUT2D eigenvalue weighted by Crippen LogP contribution is 2.34. The van der Waals surface area contributed by atoms with Crippen molar-refractivity contribution in [1.29, 1.82) is 0 Å². The zero-order valence-corrected chi connectivity index (χ0v) is 14.9. The van der Waals surface area contributed by atoms with Gasteiger partial charge in [-0.15, -0.1) is 10.2 Å². The van der Waals surface area contributed by atoms with Gasteiger partial charge in [0.1, 0.15) is 17.2 Å². The third-order valence-corrected chi connectivity index (χ3v) is 5.34. The molecule has 0 atom stereocenters. The lowest BCUT2D eigenvalue weighted by atomic mass is 10.1. The maximum atomic E-state index is 12.9. The van der Waals surface area contributed by atoms with Crippen LogP contribution in [0.4, 0.5) is 5.82 Å². The van der Waals surface area contributed by atoms with Crippen LogP contribution in [-0.4, -0.2) is 41.9 Å². The third-order valence-electron chi connectivity index (χ3n) is 5.34. The molecule has 0 aromatic carbocycles. The van der Waals surface area contributed by atoms with Gasteiger partial charge in [0.25, 0.3) is 5.91 Å². The van der Waals surface area contributed by atoms with E-state index in [4.69, 9.17) is 5.73 Å². The van der Waals surface area contributed by atoms with Crippen LogP contribution in [0, 0.1) is 0 Å². The summed E-state index contributed by atoms with van der Waals surface area (Å²) in [7, 11) is 0. The number of nitrogens with two attached hydrogens (primary N) is 1. The lowest BCUT2D eigenvalue weighted by molar-refractivity contribution is 0.0707. The van der Waals surface area contributed by atoms with Crippen molar-refractivity contribution >= 4 is 11.7 Å². The number of amides is 1. The Balaban J connectivity index is 1.53. The van der Waals surface area contributed by atoms with Gasteiger partial charge in [0, 0.05) is 25.0 Å². The van der Waals surface area contributed by atoms with Gasteiger partial charge in [-0.25, -0.2) is 4.68 Å². The quantitative estimate of drug-likeness (QED) is 0.919. The molecule has 1 saturated carbocycles. The number of carbonyl (C=O) groups excluding carboxylic acids is 1. The molecule has 2 N–H and O–H groups in total. The summed E-state index contributed by atoms with van der Waals surface area (Å²) in [6, 6.07) is 0.125. The number of fused-ring (bicyclic) bond motifs is 1. The fourth-order valence-corrected chi connectivity index (χ4v) is 3.96. The molecule has 2 aromatic rings. The first-order valence-electron chi connectivity index (χ1n) is 9.10. The maximum Gasteiger partial charge on any atom is 0.259 e. The molecule has 1 aliphatic carbocycles. The molecule has 8 heteroatoms. The Kier molecular flexibility index (Phi) is 3.97. The van der Waals surface area contributed by atoms with Crippen LogP contribution in [-0.2, 0) is 13.1 Å². The molecule has 1 fully saturated rings. The summed E-state index contributed by atoms with van der Waals surface area (Å²) < 4.78 is 3.89. The van der Waals surface area contributed by atoms with Crippen LogP contribution in [0.5, 0.6) is 0 Å². The lowest BCUT2D eigenvalue weighted by Gasteiger charge is -2.28. The van der Waals surface area contributed by atoms with Gasteiger partial charge in [-0.05, 0) is 26.7 Å².